The van der Waals surface area contributed by atoms with Crippen molar-refractivity contribution in [2.24, 2.45) is 0 Å². The van der Waals surface area contributed by atoms with Crippen LogP contribution in [0.3, 0.4) is 0 Å². The molecule has 8 nitrogen and oxygen atoms in total. The Morgan fingerprint density at radius 1 is 1.53 bits per heavy atom. The average molecular weight is 242 g/mol. The number of aromatic amines is 1. The van der Waals surface area contributed by atoms with Crippen LogP contribution >= 0.6 is 0 Å². The van der Waals surface area contributed by atoms with Crippen LogP contribution in [0, 0.1) is 0 Å². The molecule has 0 aliphatic rings. The van der Waals surface area contributed by atoms with Gasteiger partial charge in [-0.1, -0.05) is 0 Å². The van der Waals surface area contributed by atoms with Crippen LogP contribution in [0.4, 0.5) is 4.79 Å². The van der Waals surface area contributed by atoms with Crippen molar-refractivity contribution >= 4 is 12.0 Å². The number of aliphatic hydroxyl groups is 1. The number of nitrogens with one attached hydrogen (secondary N) is 3. The maximum atomic E-state index is 11.4. The van der Waals surface area contributed by atoms with E-state index in [2.05, 4.69) is 20.8 Å². The zero-order valence-corrected chi connectivity index (χ0v) is 9.17. The van der Waals surface area contributed by atoms with Gasteiger partial charge in [0.25, 0.3) is 0 Å². The molecule has 1 aromatic heterocycles. The second kappa shape index (κ2) is 5.85. The third kappa shape index (κ3) is 3.76. The summed E-state index contributed by atoms with van der Waals surface area (Å²) in [5.41, 5.74) is 0.760. The Morgan fingerprint density at radius 2 is 2.24 bits per heavy atom. The number of carboxylic acids is 1. The first-order valence-electron chi connectivity index (χ1n) is 4.94. The van der Waals surface area contributed by atoms with Gasteiger partial charge in [0, 0.05) is 11.8 Å². The fourth-order valence-electron chi connectivity index (χ4n) is 1.16. The predicted octanol–water partition coefficient (Wildman–Crippen LogP) is -0.785. The third-order valence-corrected chi connectivity index (χ3v) is 2.15. The smallest absolute Gasteiger partial charge is 0.328 e. The first-order valence-corrected chi connectivity index (χ1v) is 4.94. The molecular formula is C9H14N4O4. The van der Waals surface area contributed by atoms with Crippen molar-refractivity contribution in [3.05, 3.63) is 18.0 Å². The Bertz CT molecular complexity index is 378. The summed E-state index contributed by atoms with van der Waals surface area (Å²) in [6, 6.07) is -2.30. The number of H-pyrrole nitrogens is 1. The molecule has 17 heavy (non-hydrogen) atoms. The standard InChI is InChI=1S/C9H14N4O4/c1-5(6-2-10-11-3-6)12-9(17)13-7(4-14)8(15)16/h2-3,5,7,14H,4H2,1H3,(H,10,11)(H,15,16)(H2,12,13,17)/t5?,7-/m0/s1. The van der Waals surface area contributed by atoms with Gasteiger partial charge in [0.05, 0.1) is 18.8 Å². The summed E-state index contributed by atoms with van der Waals surface area (Å²) in [6.07, 6.45) is 3.16. The molecule has 94 valence electrons. The van der Waals surface area contributed by atoms with Crippen molar-refractivity contribution in [2.45, 2.75) is 19.0 Å². The van der Waals surface area contributed by atoms with Gasteiger partial charge < -0.3 is 20.8 Å². The molecule has 1 aromatic rings. The van der Waals surface area contributed by atoms with Gasteiger partial charge in [0.15, 0.2) is 6.04 Å². The molecule has 0 aromatic carbocycles. The van der Waals surface area contributed by atoms with E-state index in [0.29, 0.717) is 0 Å². The van der Waals surface area contributed by atoms with E-state index < -0.39 is 24.6 Å². The van der Waals surface area contributed by atoms with Crippen molar-refractivity contribution in [3.8, 4) is 0 Å². The van der Waals surface area contributed by atoms with Gasteiger partial charge >= 0.3 is 12.0 Å². The second-order valence-electron chi connectivity index (χ2n) is 3.44. The molecule has 0 radical (unpaired) electrons. The molecule has 2 amide bonds. The minimum Gasteiger partial charge on any atom is -0.480 e. The zero-order valence-electron chi connectivity index (χ0n) is 9.17. The number of hydrogen-bond donors (Lipinski definition) is 5. The van der Waals surface area contributed by atoms with Crippen molar-refractivity contribution in [2.75, 3.05) is 6.61 Å². The maximum absolute atomic E-state index is 11.4. The number of carbonyl (C=O) groups excluding carboxylic acids is 1. The summed E-state index contributed by atoms with van der Waals surface area (Å²) < 4.78 is 0. The normalized spacial score (nSPS) is 13.8. The van der Waals surface area contributed by atoms with E-state index in [1.807, 2.05) is 0 Å². The number of rotatable bonds is 5. The largest absolute Gasteiger partial charge is 0.480 e. The molecule has 2 atom stereocenters. The van der Waals surface area contributed by atoms with Gasteiger partial charge in [-0.2, -0.15) is 5.10 Å². The fraction of sp³-hybridized carbons (Fsp3) is 0.444. The van der Waals surface area contributed by atoms with Crippen molar-refractivity contribution in [1.29, 1.82) is 0 Å². The Labute approximate surface area is 97.0 Å². The Hall–Kier alpha value is -2.09. The lowest BCUT2D eigenvalue weighted by Gasteiger charge is -2.16. The Balaban J connectivity index is 2.47. The van der Waals surface area contributed by atoms with Crippen LogP contribution in [-0.4, -0.2) is 45.1 Å². The number of hydrogen-bond acceptors (Lipinski definition) is 4. The first-order chi connectivity index (χ1) is 8.04. The fourth-order valence-corrected chi connectivity index (χ4v) is 1.16. The minimum atomic E-state index is -1.31. The molecule has 1 unspecified atom stereocenters. The van der Waals surface area contributed by atoms with Gasteiger partial charge in [-0.15, -0.1) is 0 Å². The van der Waals surface area contributed by atoms with E-state index in [-0.39, 0.29) is 6.04 Å². The van der Waals surface area contributed by atoms with E-state index in [1.165, 1.54) is 0 Å². The Kier molecular flexibility index (Phi) is 4.46. The number of aromatic nitrogens is 2. The molecule has 0 spiro atoms. The van der Waals surface area contributed by atoms with E-state index in [4.69, 9.17) is 10.2 Å². The van der Waals surface area contributed by atoms with Gasteiger partial charge in [-0.25, -0.2) is 9.59 Å². The van der Waals surface area contributed by atoms with E-state index in [1.54, 1.807) is 19.3 Å². The number of carbonyl (C=O) groups is 2. The molecule has 0 saturated heterocycles. The van der Waals surface area contributed by atoms with E-state index >= 15 is 0 Å². The molecule has 0 bridgehead atoms. The van der Waals surface area contributed by atoms with Crippen LogP contribution in [-0.2, 0) is 4.79 Å². The highest BCUT2D eigenvalue weighted by atomic mass is 16.4. The molecule has 5 N–H and O–H groups in total. The number of nitrogens with zero attached hydrogens (tertiary/aromatic N) is 1. The number of aliphatic hydroxyl groups excluding tert-OH is 1. The quantitative estimate of drug-likeness (QED) is 0.462. The van der Waals surface area contributed by atoms with Crippen LogP contribution < -0.4 is 10.6 Å². The minimum absolute atomic E-state index is 0.318. The highest BCUT2D eigenvalue weighted by molar-refractivity contribution is 5.82. The molecule has 1 heterocycles. The summed E-state index contributed by atoms with van der Waals surface area (Å²) in [4.78, 5) is 22.0. The average Bonchev–Trinajstić information content (AvgIpc) is 2.78. The highest BCUT2D eigenvalue weighted by Crippen LogP contribution is 2.08. The molecule has 8 heteroatoms. The lowest BCUT2D eigenvalue weighted by molar-refractivity contribution is -0.140. The first kappa shape index (κ1) is 13.0. The monoisotopic (exact) mass is 242 g/mol. The molecule has 0 saturated carbocycles. The van der Waals surface area contributed by atoms with Gasteiger partial charge in [-0.3, -0.25) is 5.10 Å². The summed E-state index contributed by atoms with van der Waals surface area (Å²) in [5, 5.41) is 28.3. The van der Waals surface area contributed by atoms with Gasteiger partial charge in [0.2, 0.25) is 0 Å². The SMILES string of the molecule is CC(NC(=O)N[C@@H](CO)C(=O)O)c1cn[nH]c1. The molecule has 0 aliphatic heterocycles. The molecular weight excluding hydrogens is 228 g/mol. The Morgan fingerprint density at radius 3 is 2.71 bits per heavy atom. The number of amides is 2. The summed E-state index contributed by atoms with van der Waals surface area (Å²) >= 11 is 0. The number of carboxylic acid groups (broad SMARTS) is 1. The maximum Gasteiger partial charge on any atom is 0.328 e. The lowest BCUT2D eigenvalue weighted by atomic mass is 10.2. The molecule has 0 fully saturated rings. The van der Waals surface area contributed by atoms with Crippen LogP contribution in [0.15, 0.2) is 12.4 Å². The second-order valence-corrected chi connectivity index (χ2v) is 3.44. The zero-order chi connectivity index (χ0) is 12.8. The van der Waals surface area contributed by atoms with Gasteiger partial charge in [0.1, 0.15) is 0 Å². The summed E-state index contributed by atoms with van der Waals surface area (Å²) in [5.74, 6) is -1.29. The van der Waals surface area contributed by atoms with Gasteiger partial charge in [-0.05, 0) is 6.92 Å². The molecule has 0 aliphatic carbocycles. The van der Waals surface area contributed by atoms with Crippen molar-refractivity contribution < 1.29 is 19.8 Å². The third-order valence-electron chi connectivity index (χ3n) is 2.15. The topological polar surface area (TPSA) is 127 Å². The highest BCUT2D eigenvalue weighted by Gasteiger charge is 2.19. The van der Waals surface area contributed by atoms with E-state index in [9.17, 15) is 9.59 Å². The summed E-state index contributed by atoms with van der Waals surface area (Å²) in [7, 11) is 0. The van der Waals surface area contributed by atoms with Crippen molar-refractivity contribution in [3.63, 3.8) is 0 Å². The van der Waals surface area contributed by atoms with Crippen LogP contribution in [0.5, 0.6) is 0 Å². The lowest BCUT2D eigenvalue weighted by Crippen LogP contribution is -2.48. The van der Waals surface area contributed by atoms with Crippen LogP contribution in [0.25, 0.3) is 0 Å². The summed E-state index contributed by atoms with van der Waals surface area (Å²) in [6.45, 7) is 1.06. The number of urea groups is 1. The van der Waals surface area contributed by atoms with E-state index in [0.717, 1.165) is 5.56 Å². The van der Waals surface area contributed by atoms with Crippen LogP contribution in [0.1, 0.15) is 18.5 Å². The van der Waals surface area contributed by atoms with Crippen molar-refractivity contribution in [1.82, 2.24) is 20.8 Å². The van der Waals surface area contributed by atoms with Crippen LogP contribution in [0.2, 0.25) is 0 Å². The number of aliphatic carboxylic acids is 1. The molecule has 1 rings (SSSR count). The predicted molar refractivity (Wildman–Crippen MR) is 57.2 cm³/mol.